The summed E-state index contributed by atoms with van der Waals surface area (Å²) in [5, 5.41) is 2.89. The molecule has 2 aromatic heterocycles. The lowest BCUT2D eigenvalue weighted by Crippen LogP contribution is -2.15. The monoisotopic (exact) mass is 405 g/mol. The Morgan fingerprint density at radius 3 is 2.37 bits per heavy atom. The van der Waals surface area contributed by atoms with Crippen LogP contribution in [0.2, 0.25) is 0 Å². The molecule has 0 bridgehead atoms. The number of aromatic nitrogens is 2. The highest BCUT2D eigenvalue weighted by molar-refractivity contribution is 6.05. The molecular weight excluding hydrogens is 384 g/mol. The quantitative estimate of drug-likeness (QED) is 0.466. The van der Waals surface area contributed by atoms with Gasteiger partial charge in [-0.05, 0) is 53.4 Å². The number of nitrogens with one attached hydrogen (secondary N) is 1. The molecule has 4 rings (SSSR count). The molecule has 0 saturated heterocycles. The number of pyridine rings is 1. The predicted octanol–water partition coefficient (Wildman–Crippen LogP) is 5.83. The summed E-state index contributed by atoms with van der Waals surface area (Å²) in [6, 6.07) is 16.4. The molecule has 2 aromatic carbocycles. The van der Waals surface area contributed by atoms with Crippen LogP contribution >= 0.6 is 0 Å². The second-order valence-corrected chi connectivity index (χ2v) is 8.15. The van der Waals surface area contributed by atoms with Crippen molar-refractivity contribution in [2.45, 2.75) is 26.2 Å². The van der Waals surface area contributed by atoms with Crippen molar-refractivity contribution in [1.29, 1.82) is 0 Å². The summed E-state index contributed by atoms with van der Waals surface area (Å²) in [5.41, 5.74) is 2.91. The van der Waals surface area contributed by atoms with Crippen LogP contribution in [-0.2, 0) is 5.41 Å². The molecule has 0 spiro atoms. The van der Waals surface area contributed by atoms with E-state index in [1.807, 2.05) is 18.2 Å². The van der Waals surface area contributed by atoms with Crippen molar-refractivity contribution in [2.24, 2.45) is 0 Å². The summed E-state index contributed by atoms with van der Waals surface area (Å²) in [4.78, 5) is 17.4. The Morgan fingerprint density at radius 1 is 0.967 bits per heavy atom. The molecule has 4 nitrogen and oxygen atoms in total. The van der Waals surface area contributed by atoms with Crippen molar-refractivity contribution in [3.8, 4) is 11.3 Å². The summed E-state index contributed by atoms with van der Waals surface area (Å²) in [6.07, 6.45) is 1.75. The van der Waals surface area contributed by atoms with E-state index < -0.39 is 11.6 Å². The molecule has 152 valence electrons. The van der Waals surface area contributed by atoms with E-state index >= 15 is 0 Å². The molecule has 0 radical (unpaired) electrons. The number of hydrogen-bond acceptors (Lipinski definition) is 2. The van der Waals surface area contributed by atoms with E-state index in [2.05, 4.69) is 31.1 Å². The Bertz CT molecular complexity index is 1240. The molecule has 6 heteroatoms. The molecule has 0 aliphatic carbocycles. The van der Waals surface area contributed by atoms with Gasteiger partial charge in [0.25, 0.3) is 5.91 Å². The van der Waals surface area contributed by atoms with Crippen molar-refractivity contribution in [3.05, 3.63) is 89.6 Å². The van der Waals surface area contributed by atoms with Gasteiger partial charge in [0.2, 0.25) is 0 Å². The van der Waals surface area contributed by atoms with Gasteiger partial charge in [-0.25, -0.2) is 13.8 Å². The van der Waals surface area contributed by atoms with Crippen LogP contribution in [0.25, 0.3) is 16.9 Å². The number of rotatable bonds is 3. The number of anilines is 1. The van der Waals surface area contributed by atoms with E-state index in [0.717, 1.165) is 17.7 Å². The normalized spacial score (nSPS) is 11.6. The SMILES string of the molecule is CC(C)(C)c1ccc(C(=O)Nc2c(-c3ccc(F)c(F)c3)nc3ccccn23)cc1. The first-order valence-electron chi connectivity index (χ1n) is 9.58. The summed E-state index contributed by atoms with van der Waals surface area (Å²) in [7, 11) is 0. The highest BCUT2D eigenvalue weighted by Crippen LogP contribution is 2.30. The summed E-state index contributed by atoms with van der Waals surface area (Å²) < 4.78 is 28.9. The molecule has 0 atom stereocenters. The molecule has 2 heterocycles. The minimum absolute atomic E-state index is 0.0174. The smallest absolute Gasteiger partial charge is 0.256 e. The van der Waals surface area contributed by atoms with Gasteiger partial charge in [0, 0.05) is 17.3 Å². The molecule has 1 amide bonds. The third-order valence-electron chi connectivity index (χ3n) is 4.97. The number of benzene rings is 2. The number of imidazole rings is 1. The number of halogens is 2. The van der Waals surface area contributed by atoms with Gasteiger partial charge in [0.1, 0.15) is 17.2 Å². The predicted molar refractivity (Wildman–Crippen MR) is 114 cm³/mol. The second-order valence-electron chi connectivity index (χ2n) is 8.15. The lowest BCUT2D eigenvalue weighted by molar-refractivity contribution is 0.102. The molecule has 0 unspecified atom stereocenters. The zero-order chi connectivity index (χ0) is 21.5. The van der Waals surface area contributed by atoms with Gasteiger partial charge in [-0.2, -0.15) is 0 Å². The number of carbonyl (C=O) groups excluding carboxylic acids is 1. The van der Waals surface area contributed by atoms with Crippen LogP contribution in [0.5, 0.6) is 0 Å². The minimum atomic E-state index is -0.973. The molecule has 30 heavy (non-hydrogen) atoms. The van der Waals surface area contributed by atoms with E-state index in [1.54, 1.807) is 34.9 Å². The number of fused-ring (bicyclic) bond motifs is 1. The summed E-state index contributed by atoms with van der Waals surface area (Å²) in [6.45, 7) is 6.32. The Labute approximate surface area is 173 Å². The molecule has 0 aliphatic rings. The van der Waals surface area contributed by atoms with Crippen LogP contribution in [0, 0.1) is 11.6 Å². The number of nitrogens with zero attached hydrogens (tertiary/aromatic N) is 2. The van der Waals surface area contributed by atoms with E-state index in [4.69, 9.17) is 0 Å². The Hall–Kier alpha value is -3.54. The first kappa shape index (κ1) is 19.8. The molecule has 1 N–H and O–H groups in total. The lowest BCUT2D eigenvalue weighted by atomic mass is 9.87. The second kappa shape index (κ2) is 7.37. The molecule has 0 saturated carbocycles. The number of carbonyl (C=O) groups is 1. The highest BCUT2D eigenvalue weighted by atomic mass is 19.2. The average Bonchev–Trinajstić information content (AvgIpc) is 3.08. The summed E-state index contributed by atoms with van der Waals surface area (Å²) >= 11 is 0. The molecule has 0 fully saturated rings. The zero-order valence-corrected chi connectivity index (χ0v) is 16.9. The molecule has 4 aromatic rings. The van der Waals surface area contributed by atoms with E-state index in [9.17, 15) is 13.6 Å². The van der Waals surface area contributed by atoms with E-state index in [1.165, 1.54) is 6.07 Å². The Kier molecular flexibility index (Phi) is 4.86. The molecule has 0 aliphatic heterocycles. The van der Waals surface area contributed by atoms with Crippen LogP contribution < -0.4 is 5.32 Å². The van der Waals surface area contributed by atoms with Crippen molar-refractivity contribution in [1.82, 2.24) is 9.38 Å². The minimum Gasteiger partial charge on any atom is -0.306 e. The third-order valence-corrected chi connectivity index (χ3v) is 4.97. The fourth-order valence-electron chi connectivity index (χ4n) is 3.26. The molecular formula is C24H21F2N3O. The number of amides is 1. The van der Waals surface area contributed by atoms with Crippen LogP contribution in [0.4, 0.5) is 14.6 Å². The van der Waals surface area contributed by atoms with Crippen LogP contribution in [0.3, 0.4) is 0 Å². The highest BCUT2D eigenvalue weighted by Gasteiger charge is 2.19. The maximum atomic E-state index is 13.8. The Balaban J connectivity index is 1.74. The van der Waals surface area contributed by atoms with Crippen molar-refractivity contribution in [2.75, 3.05) is 5.32 Å². The van der Waals surface area contributed by atoms with Gasteiger partial charge in [-0.3, -0.25) is 9.20 Å². The van der Waals surface area contributed by atoms with Crippen LogP contribution in [0.1, 0.15) is 36.7 Å². The maximum Gasteiger partial charge on any atom is 0.256 e. The first-order valence-corrected chi connectivity index (χ1v) is 9.58. The third kappa shape index (κ3) is 3.68. The fraction of sp³-hybridized carbons (Fsp3) is 0.167. The van der Waals surface area contributed by atoms with Gasteiger partial charge < -0.3 is 5.32 Å². The largest absolute Gasteiger partial charge is 0.306 e. The maximum absolute atomic E-state index is 13.8. The fourth-order valence-corrected chi connectivity index (χ4v) is 3.26. The lowest BCUT2D eigenvalue weighted by Gasteiger charge is -2.19. The van der Waals surface area contributed by atoms with Crippen molar-refractivity contribution >= 4 is 17.4 Å². The van der Waals surface area contributed by atoms with Gasteiger partial charge in [-0.15, -0.1) is 0 Å². The van der Waals surface area contributed by atoms with Crippen LogP contribution in [-0.4, -0.2) is 15.3 Å². The Morgan fingerprint density at radius 2 is 1.70 bits per heavy atom. The van der Waals surface area contributed by atoms with Crippen LogP contribution in [0.15, 0.2) is 66.9 Å². The van der Waals surface area contributed by atoms with Gasteiger partial charge >= 0.3 is 0 Å². The number of hydrogen-bond donors (Lipinski definition) is 1. The average molecular weight is 405 g/mol. The van der Waals surface area contributed by atoms with E-state index in [-0.39, 0.29) is 11.3 Å². The van der Waals surface area contributed by atoms with Gasteiger partial charge in [0.15, 0.2) is 11.6 Å². The zero-order valence-electron chi connectivity index (χ0n) is 16.9. The topological polar surface area (TPSA) is 46.4 Å². The van der Waals surface area contributed by atoms with Crippen molar-refractivity contribution in [3.63, 3.8) is 0 Å². The van der Waals surface area contributed by atoms with Gasteiger partial charge in [-0.1, -0.05) is 39.0 Å². The first-order chi connectivity index (χ1) is 14.2. The van der Waals surface area contributed by atoms with Gasteiger partial charge in [0.05, 0.1) is 0 Å². The van der Waals surface area contributed by atoms with E-state index in [0.29, 0.717) is 28.3 Å². The van der Waals surface area contributed by atoms with Crippen molar-refractivity contribution < 1.29 is 13.6 Å². The summed E-state index contributed by atoms with van der Waals surface area (Å²) in [5.74, 6) is -1.84. The standard InChI is InChI=1S/C24H21F2N3O/c1-24(2,3)17-10-7-15(8-11-17)23(30)28-22-21(16-9-12-18(25)19(26)14-16)27-20-6-4-5-13-29(20)22/h4-14H,1-3H3,(H,28,30).